The first kappa shape index (κ1) is 15.9. The van der Waals surface area contributed by atoms with Gasteiger partial charge in [0.2, 0.25) is 0 Å². The first-order valence-electron chi connectivity index (χ1n) is 9.69. The highest BCUT2D eigenvalue weighted by Crippen LogP contribution is 2.65. The molecule has 3 saturated carbocycles. The topological polar surface area (TPSA) is 37.3 Å². The van der Waals surface area contributed by atoms with E-state index < -0.39 is 0 Å². The number of aliphatic hydroxyl groups excluding tert-OH is 1. The van der Waals surface area contributed by atoms with Crippen LogP contribution in [0.25, 0.3) is 0 Å². The first-order valence-corrected chi connectivity index (χ1v) is 9.69. The summed E-state index contributed by atoms with van der Waals surface area (Å²) in [6.45, 7) is 9.18. The number of Topliss-reactive ketones (excluding diaryl/α,β-unsaturated/α-hetero) is 1. The predicted octanol–water partition coefficient (Wildman–Crippen LogP) is 4.52. The van der Waals surface area contributed by atoms with Crippen molar-refractivity contribution < 1.29 is 9.90 Å². The van der Waals surface area contributed by atoms with Crippen LogP contribution in [0.3, 0.4) is 0 Å². The van der Waals surface area contributed by atoms with Gasteiger partial charge in [-0.05, 0) is 75.0 Å². The third-order valence-corrected chi connectivity index (χ3v) is 8.45. The summed E-state index contributed by atoms with van der Waals surface area (Å²) in [5, 5.41) is 10.2. The zero-order valence-electron chi connectivity index (χ0n) is 15.2. The van der Waals surface area contributed by atoms with Crippen molar-refractivity contribution in [3.05, 3.63) is 11.1 Å². The second-order valence-electron chi connectivity index (χ2n) is 9.61. The van der Waals surface area contributed by atoms with Gasteiger partial charge in [0.1, 0.15) is 5.78 Å². The zero-order valence-corrected chi connectivity index (χ0v) is 15.2. The van der Waals surface area contributed by atoms with Gasteiger partial charge in [-0.25, -0.2) is 0 Å². The van der Waals surface area contributed by atoms with Gasteiger partial charge in [0, 0.05) is 11.3 Å². The Balaban J connectivity index is 1.74. The van der Waals surface area contributed by atoms with Gasteiger partial charge in [-0.3, -0.25) is 4.79 Å². The molecule has 4 rings (SSSR count). The van der Waals surface area contributed by atoms with Gasteiger partial charge < -0.3 is 5.11 Å². The summed E-state index contributed by atoms with van der Waals surface area (Å²) < 4.78 is 0. The van der Waals surface area contributed by atoms with Crippen LogP contribution in [0, 0.1) is 34.5 Å². The van der Waals surface area contributed by atoms with Crippen molar-refractivity contribution >= 4 is 5.78 Å². The number of hydrogen-bond donors (Lipinski definition) is 1. The van der Waals surface area contributed by atoms with Crippen LogP contribution in [0.1, 0.15) is 72.6 Å². The maximum Gasteiger partial charge on any atom is 0.141 e. The fourth-order valence-corrected chi connectivity index (χ4v) is 7.21. The highest BCUT2D eigenvalue weighted by atomic mass is 16.3. The molecule has 7 atom stereocenters. The molecule has 128 valence electrons. The molecule has 0 aromatic carbocycles. The van der Waals surface area contributed by atoms with E-state index >= 15 is 0 Å². The molecule has 0 radical (unpaired) electrons. The summed E-state index contributed by atoms with van der Waals surface area (Å²) in [6, 6.07) is 0. The Hall–Kier alpha value is -0.630. The molecule has 0 aromatic heterocycles. The Bertz CT molecular complexity index is 576. The molecule has 4 aliphatic carbocycles. The van der Waals surface area contributed by atoms with E-state index in [1.54, 1.807) is 5.57 Å². The van der Waals surface area contributed by atoms with Gasteiger partial charge in [-0.1, -0.05) is 31.9 Å². The lowest BCUT2D eigenvalue weighted by Crippen LogP contribution is -2.51. The fourth-order valence-electron chi connectivity index (χ4n) is 7.21. The third kappa shape index (κ3) is 2.00. The SMILES string of the molecule is CC1=C2CC(O)CC[C@]2(C)[C@@H]2CC[C@]3(C)C(=O)C(C)C[C@H]3[C@@H]2C1. The van der Waals surface area contributed by atoms with E-state index in [-0.39, 0.29) is 22.9 Å². The number of carbonyl (C=O) groups excluding carboxylic acids is 1. The predicted molar refractivity (Wildman–Crippen MR) is 91.9 cm³/mol. The van der Waals surface area contributed by atoms with E-state index in [2.05, 4.69) is 27.7 Å². The molecule has 0 aliphatic heterocycles. The minimum atomic E-state index is -0.133. The largest absolute Gasteiger partial charge is 0.393 e. The molecule has 4 aliphatic rings. The summed E-state index contributed by atoms with van der Waals surface area (Å²) in [5.41, 5.74) is 3.33. The van der Waals surface area contributed by atoms with Crippen LogP contribution in [0.5, 0.6) is 0 Å². The second kappa shape index (κ2) is 4.94. The molecule has 0 amide bonds. The van der Waals surface area contributed by atoms with Crippen molar-refractivity contribution in [3.8, 4) is 0 Å². The van der Waals surface area contributed by atoms with Crippen molar-refractivity contribution in [1.29, 1.82) is 0 Å². The fraction of sp³-hybridized carbons (Fsp3) is 0.857. The Labute approximate surface area is 140 Å². The Morgan fingerprint density at radius 3 is 2.48 bits per heavy atom. The zero-order chi connectivity index (χ0) is 16.6. The molecular weight excluding hydrogens is 284 g/mol. The van der Waals surface area contributed by atoms with Crippen molar-refractivity contribution in [2.45, 2.75) is 78.7 Å². The highest BCUT2D eigenvalue weighted by Gasteiger charge is 2.60. The number of hydrogen-bond acceptors (Lipinski definition) is 2. The lowest BCUT2D eigenvalue weighted by molar-refractivity contribution is -0.134. The average Bonchev–Trinajstić information content (AvgIpc) is 2.73. The Morgan fingerprint density at radius 1 is 1.04 bits per heavy atom. The average molecular weight is 316 g/mol. The summed E-state index contributed by atoms with van der Waals surface area (Å²) in [7, 11) is 0. The van der Waals surface area contributed by atoms with Gasteiger partial charge in [-0.15, -0.1) is 0 Å². The minimum Gasteiger partial charge on any atom is -0.393 e. The molecule has 0 heterocycles. The van der Waals surface area contributed by atoms with E-state index in [0.29, 0.717) is 17.6 Å². The normalized spacial score (nSPS) is 52.9. The van der Waals surface area contributed by atoms with Gasteiger partial charge in [0.15, 0.2) is 0 Å². The molecule has 0 spiro atoms. The van der Waals surface area contributed by atoms with Crippen LogP contribution >= 0.6 is 0 Å². The molecule has 2 unspecified atom stereocenters. The standard InChI is InChI=1S/C21H32O2/c1-12-9-15-16(20(3)7-5-14(22)11-17(12)20)6-8-21(4)18(15)10-13(2)19(21)23/h13-16,18,22H,5-11H2,1-4H3/t13?,14?,15-,16-,18+,20-,21+/m1/s1. The van der Waals surface area contributed by atoms with Crippen molar-refractivity contribution in [3.63, 3.8) is 0 Å². The quantitative estimate of drug-likeness (QED) is 0.667. The summed E-state index contributed by atoms with van der Waals surface area (Å²) in [5.74, 6) is 2.80. The van der Waals surface area contributed by atoms with Crippen LogP contribution in [-0.4, -0.2) is 17.0 Å². The molecule has 0 aromatic rings. The van der Waals surface area contributed by atoms with Gasteiger partial charge >= 0.3 is 0 Å². The summed E-state index contributed by atoms with van der Waals surface area (Å²) in [6.07, 6.45) is 7.42. The van der Waals surface area contributed by atoms with E-state index in [0.717, 1.165) is 38.0 Å². The number of ketones is 1. The lowest BCUT2D eigenvalue weighted by Gasteiger charge is -2.57. The van der Waals surface area contributed by atoms with Crippen LogP contribution in [-0.2, 0) is 4.79 Å². The smallest absolute Gasteiger partial charge is 0.141 e. The Kier molecular flexibility index (Phi) is 3.41. The lowest BCUT2D eigenvalue weighted by atomic mass is 9.47. The number of aliphatic hydroxyl groups is 1. The molecular formula is C21H32O2. The highest BCUT2D eigenvalue weighted by molar-refractivity contribution is 5.89. The monoisotopic (exact) mass is 316 g/mol. The van der Waals surface area contributed by atoms with E-state index in [9.17, 15) is 9.90 Å². The van der Waals surface area contributed by atoms with Crippen LogP contribution < -0.4 is 0 Å². The Morgan fingerprint density at radius 2 is 1.74 bits per heavy atom. The van der Waals surface area contributed by atoms with Gasteiger partial charge in [-0.2, -0.15) is 0 Å². The van der Waals surface area contributed by atoms with Crippen LogP contribution in [0.15, 0.2) is 11.1 Å². The molecule has 0 bridgehead atoms. The van der Waals surface area contributed by atoms with E-state index in [1.165, 1.54) is 18.4 Å². The molecule has 2 heteroatoms. The maximum absolute atomic E-state index is 12.8. The number of allylic oxidation sites excluding steroid dienone is 1. The van der Waals surface area contributed by atoms with Crippen molar-refractivity contribution in [1.82, 2.24) is 0 Å². The van der Waals surface area contributed by atoms with E-state index in [1.807, 2.05) is 0 Å². The molecule has 1 N–H and O–H groups in total. The van der Waals surface area contributed by atoms with Crippen molar-refractivity contribution in [2.75, 3.05) is 0 Å². The third-order valence-electron chi connectivity index (χ3n) is 8.45. The molecule has 23 heavy (non-hydrogen) atoms. The van der Waals surface area contributed by atoms with E-state index in [4.69, 9.17) is 0 Å². The van der Waals surface area contributed by atoms with Gasteiger partial charge in [0.05, 0.1) is 6.10 Å². The molecule has 2 nitrogen and oxygen atoms in total. The number of fused-ring (bicyclic) bond motifs is 5. The van der Waals surface area contributed by atoms with Gasteiger partial charge in [0.25, 0.3) is 0 Å². The summed E-state index contributed by atoms with van der Waals surface area (Å²) in [4.78, 5) is 12.8. The molecule has 0 saturated heterocycles. The van der Waals surface area contributed by atoms with Crippen molar-refractivity contribution in [2.24, 2.45) is 34.5 Å². The molecule has 3 fully saturated rings. The number of carbonyl (C=O) groups is 1. The number of rotatable bonds is 0. The summed E-state index contributed by atoms with van der Waals surface area (Å²) >= 11 is 0. The minimum absolute atomic E-state index is 0.0527. The second-order valence-corrected chi connectivity index (χ2v) is 9.61. The van der Waals surface area contributed by atoms with Crippen LogP contribution in [0.4, 0.5) is 0 Å². The maximum atomic E-state index is 12.8. The van der Waals surface area contributed by atoms with Crippen LogP contribution in [0.2, 0.25) is 0 Å². The first-order chi connectivity index (χ1) is 10.8.